The number of hydrogen-bond acceptors (Lipinski definition) is 6. The first kappa shape index (κ1) is 17.9. The molecular weight excluding hydrogens is 360 g/mol. The summed E-state index contributed by atoms with van der Waals surface area (Å²) in [5.74, 6) is -0.247. The molecule has 3 N–H and O–H groups in total. The molecule has 4 rings (SSSR count). The number of aromatic nitrogens is 3. The lowest BCUT2D eigenvalue weighted by Gasteiger charge is -2.20. The smallest absolute Gasteiger partial charge is 0.233 e. The van der Waals surface area contributed by atoms with Crippen LogP contribution in [-0.2, 0) is 17.8 Å². The number of nitrogens with two attached hydrogens (primary N) is 1. The fraction of sp³-hybridized carbons (Fsp3) is 0.421. The average molecular weight is 385 g/mol. The Morgan fingerprint density at radius 1 is 1.44 bits per heavy atom. The van der Waals surface area contributed by atoms with Crippen molar-refractivity contribution in [2.45, 2.75) is 31.7 Å². The Balaban J connectivity index is 1.51. The Hall–Kier alpha value is -2.45. The molecule has 142 valence electrons. The van der Waals surface area contributed by atoms with E-state index in [2.05, 4.69) is 38.8 Å². The second-order valence-corrected chi connectivity index (χ2v) is 8.35. The lowest BCUT2D eigenvalue weighted by molar-refractivity contribution is -0.117. The summed E-state index contributed by atoms with van der Waals surface area (Å²) in [6.07, 6.45) is 4.61. The zero-order valence-corrected chi connectivity index (χ0v) is 16.4. The number of imidazole rings is 1. The molecule has 2 heterocycles. The van der Waals surface area contributed by atoms with Gasteiger partial charge in [-0.2, -0.15) is 0 Å². The number of likely N-dealkylation sites (N-methyl/N-ethyl adjacent to an activating group) is 1. The number of carbonyl (C=O) groups excluding carboxylic acids is 1. The van der Waals surface area contributed by atoms with Crippen LogP contribution in [0.4, 0.5) is 10.8 Å². The summed E-state index contributed by atoms with van der Waals surface area (Å²) < 4.78 is 2.13. The molecule has 0 saturated heterocycles. The summed E-state index contributed by atoms with van der Waals surface area (Å²) >= 11 is 1.50. The molecule has 8 heteroatoms. The van der Waals surface area contributed by atoms with Gasteiger partial charge in [0.2, 0.25) is 5.91 Å². The van der Waals surface area contributed by atoms with Crippen molar-refractivity contribution in [3.8, 4) is 0 Å². The zero-order valence-electron chi connectivity index (χ0n) is 15.6. The Morgan fingerprint density at radius 3 is 3.11 bits per heavy atom. The maximum Gasteiger partial charge on any atom is 0.233 e. The van der Waals surface area contributed by atoms with Crippen LogP contribution < -0.4 is 11.1 Å². The predicted octanol–water partition coefficient (Wildman–Crippen LogP) is 2.70. The quantitative estimate of drug-likeness (QED) is 0.706. The first-order chi connectivity index (χ1) is 13.0. The molecule has 0 saturated carbocycles. The van der Waals surface area contributed by atoms with Crippen molar-refractivity contribution in [1.29, 1.82) is 0 Å². The van der Waals surface area contributed by atoms with E-state index < -0.39 is 0 Å². The van der Waals surface area contributed by atoms with Crippen LogP contribution in [-0.4, -0.2) is 46.0 Å². The van der Waals surface area contributed by atoms with E-state index in [1.165, 1.54) is 11.3 Å². The number of fused-ring (bicyclic) bond motifs is 2. The van der Waals surface area contributed by atoms with Crippen LogP contribution in [0.15, 0.2) is 24.5 Å². The SMILES string of the molecule is CN(C)CCn1cnc2cc(NC(=O)C3CCCc4sc(N)nc43)ccc21. The van der Waals surface area contributed by atoms with Crippen LogP contribution >= 0.6 is 11.3 Å². The highest BCUT2D eigenvalue weighted by atomic mass is 32.1. The van der Waals surface area contributed by atoms with Crippen LogP contribution in [0, 0.1) is 0 Å². The summed E-state index contributed by atoms with van der Waals surface area (Å²) in [7, 11) is 4.11. The number of rotatable bonds is 5. The fourth-order valence-electron chi connectivity index (χ4n) is 3.55. The number of nitrogens with zero attached hydrogens (tertiary/aromatic N) is 4. The topological polar surface area (TPSA) is 89.1 Å². The van der Waals surface area contributed by atoms with Crippen molar-refractivity contribution in [3.05, 3.63) is 35.1 Å². The molecule has 0 aliphatic heterocycles. The van der Waals surface area contributed by atoms with Gasteiger partial charge in [0.1, 0.15) is 0 Å². The van der Waals surface area contributed by atoms with E-state index in [9.17, 15) is 4.79 Å². The van der Waals surface area contributed by atoms with Gasteiger partial charge in [-0.3, -0.25) is 4.79 Å². The first-order valence-corrected chi connectivity index (χ1v) is 9.98. The maximum atomic E-state index is 12.8. The third-order valence-corrected chi connectivity index (χ3v) is 5.92. The van der Waals surface area contributed by atoms with Gasteiger partial charge < -0.3 is 20.5 Å². The van der Waals surface area contributed by atoms with Gasteiger partial charge in [-0.25, -0.2) is 9.97 Å². The molecule has 1 aliphatic carbocycles. The fourth-order valence-corrected chi connectivity index (χ4v) is 4.48. The second kappa shape index (κ2) is 7.28. The molecule has 1 aliphatic rings. The molecule has 3 aromatic rings. The van der Waals surface area contributed by atoms with E-state index >= 15 is 0 Å². The molecule has 0 radical (unpaired) electrons. The van der Waals surface area contributed by atoms with E-state index in [0.717, 1.165) is 59.6 Å². The monoisotopic (exact) mass is 384 g/mol. The minimum Gasteiger partial charge on any atom is -0.375 e. The van der Waals surface area contributed by atoms with Gasteiger partial charge in [0.25, 0.3) is 0 Å². The van der Waals surface area contributed by atoms with Gasteiger partial charge >= 0.3 is 0 Å². The highest BCUT2D eigenvalue weighted by Gasteiger charge is 2.30. The van der Waals surface area contributed by atoms with Gasteiger partial charge in [-0.15, -0.1) is 11.3 Å². The number of nitrogen functional groups attached to an aromatic ring is 1. The Morgan fingerprint density at radius 2 is 2.30 bits per heavy atom. The summed E-state index contributed by atoms with van der Waals surface area (Å²) in [6, 6.07) is 5.88. The number of nitrogens with one attached hydrogen (secondary N) is 1. The van der Waals surface area contributed by atoms with Crippen LogP contribution in [0.25, 0.3) is 11.0 Å². The molecule has 0 spiro atoms. The van der Waals surface area contributed by atoms with E-state index in [-0.39, 0.29) is 11.8 Å². The highest BCUT2D eigenvalue weighted by molar-refractivity contribution is 7.15. The second-order valence-electron chi connectivity index (χ2n) is 7.24. The lowest BCUT2D eigenvalue weighted by atomic mass is 9.90. The third kappa shape index (κ3) is 3.68. The maximum absolute atomic E-state index is 12.8. The van der Waals surface area contributed by atoms with E-state index in [0.29, 0.717) is 5.13 Å². The third-order valence-electron chi connectivity index (χ3n) is 4.96. The van der Waals surface area contributed by atoms with E-state index in [1.807, 2.05) is 24.5 Å². The molecule has 1 aromatic carbocycles. The van der Waals surface area contributed by atoms with Gasteiger partial charge in [0.15, 0.2) is 5.13 Å². The minimum absolute atomic E-state index is 0.0207. The molecule has 1 unspecified atom stereocenters. The van der Waals surface area contributed by atoms with E-state index in [1.54, 1.807) is 0 Å². The largest absolute Gasteiger partial charge is 0.375 e. The number of carbonyl (C=O) groups is 1. The van der Waals surface area contributed by atoms with Gasteiger partial charge in [0.05, 0.1) is 29.0 Å². The van der Waals surface area contributed by atoms with Gasteiger partial charge in [-0.05, 0) is 51.6 Å². The van der Waals surface area contributed by atoms with Crippen molar-refractivity contribution in [2.24, 2.45) is 0 Å². The Bertz CT molecular complexity index is 976. The minimum atomic E-state index is -0.226. The number of thiazole rings is 1. The van der Waals surface area contributed by atoms with Crippen LogP contribution in [0.3, 0.4) is 0 Å². The van der Waals surface area contributed by atoms with Gasteiger partial charge in [0, 0.05) is 23.7 Å². The molecule has 27 heavy (non-hydrogen) atoms. The number of aryl methyl sites for hydroxylation is 1. The molecule has 0 bridgehead atoms. The molecule has 2 aromatic heterocycles. The Kier molecular flexibility index (Phi) is 4.84. The predicted molar refractivity (Wildman–Crippen MR) is 109 cm³/mol. The normalized spacial score (nSPS) is 16.6. The van der Waals surface area contributed by atoms with Crippen LogP contribution in [0.5, 0.6) is 0 Å². The lowest BCUT2D eigenvalue weighted by Crippen LogP contribution is -2.24. The molecule has 7 nitrogen and oxygen atoms in total. The highest BCUT2D eigenvalue weighted by Crippen LogP contribution is 2.36. The number of amides is 1. The van der Waals surface area contributed by atoms with Crippen molar-refractivity contribution >= 4 is 39.1 Å². The van der Waals surface area contributed by atoms with Crippen molar-refractivity contribution in [3.63, 3.8) is 0 Å². The van der Waals surface area contributed by atoms with E-state index in [4.69, 9.17) is 5.73 Å². The first-order valence-electron chi connectivity index (χ1n) is 9.17. The molecule has 1 amide bonds. The summed E-state index contributed by atoms with van der Waals surface area (Å²) in [4.78, 5) is 25.0. The number of anilines is 2. The molecular formula is C19H24N6OS. The Labute approximate surface area is 162 Å². The van der Waals surface area contributed by atoms with Crippen molar-refractivity contribution in [1.82, 2.24) is 19.4 Å². The summed E-state index contributed by atoms with van der Waals surface area (Å²) in [5, 5.41) is 3.59. The number of benzene rings is 1. The van der Waals surface area contributed by atoms with Gasteiger partial charge in [-0.1, -0.05) is 0 Å². The summed E-state index contributed by atoms with van der Waals surface area (Å²) in [5.41, 5.74) is 9.42. The summed E-state index contributed by atoms with van der Waals surface area (Å²) in [6.45, 7) is 1.83. The zero-order chi connectivity index (χ0) is 19.0. The average Bonchev–Trinajstić information content (AvgIpc) is 3.21. The van der Waals surface area contributed by atoms with Crippen LogP contribution in [0.1, 0.15) is 29.3 Å². The molecule has 0 fully saturated rings. The standard InChI is InChI=1S/C19H24N6OS/c1-24(2)8-9-25-11-21-14-10-12(6-7-15(14)25)22-18(26)13-4-3-5-16-17(13)23-19(20)27-16/h6-7,10-11,13H,3-5,8-9H2,1-2H3,(H2,20,23)(H,22,26). The van der Waals surface area contributed by atoms with Crippen molar-refractivity contribution < 1.29 is 4.79 Å². The van der Waals surface area contributed by atoms with Crippen LogP contribution in [0.2, 0.25) is 0 Å². The molecule has 1 atom stereocenters. The number of hydrogen-bond donors (Lipinski definition) is 2. The van der Waals surface area contributed by atoms with Crippen molar-refractivity contribution in [2.75, 3.05) is 31.7 Å².